The van der Waals surface area contributed by atoms with Gasteiger partial charge in [0.2, 0.25) is 0 Å². The van der Waals surface area contributed by atoms with Crippen LogP contribution < -0.4 is 0 Å². The van der Waals surface area contributed by atoms with Crippen LogP contribution in [0.25, 0.3) is 43.8 Å². The first kappa shape index (κ1) is 42.2. The molecule has 0 aliphatic heterocycles. The van der Waals surface area contributed by atoms with E-state index < -0.39 is 20.8 Å². The number of halogens is 2. The van der Waals surface area contributed by atoms with Crippen LogP contribution in [0.4, 0.5) is 0 Å². The van der Waals surface area contributed by atoms with Gasteiger partial charge in [0.15, 0.2) is 0 Å². The summed E-state index contributed by atoms with van der Waals surface area (Å²) in [6, 6.07) is 38.6. The normalized spacial score (nSPS) is 11.3. The third kappa shape index (κ3) is 11.1. The molecule has 2 radical (unpaired) electrons. The predicted octanol–water partition coefficient (Wildman–Crippen LogP) is 15.2. The van der Waals surface area contributed by atoms with E-state index in [0.29, 0.717) is 5.92 Å². The van der Waals surface area contributed by atoms with E-state index in [-0.39, 0.29) is 10.8 Å². The molecule has 6 aromatic rings. The second-order valence-corrected chi connectivity index (χ2v) is 20.2. The number of hydrogen-bond acceptors (Lipinski definition) is 0. The minimum atomic E-state index is -0.826. The van der Waals surface area contributed by atoms with E-state index in [4.69, 9.17) is 17.0 Å². The summed E-state index contributed by atoms with van der Waals surface area (Å²) in [5, 5.41) is 5.52. The van der Waals surface area contributed by atoms with Gasteiger partial charge in [-0.3, -0.25) is 0 Å². The van der Waals surface area contributed by atoms with Crippen molar-refractivity contribution < 1.29 is 20.8 Å². The zero-order chi connectivity index (χ0) is 37.2. The summed E-state index contributed by atoms with van der Waals surface area (Å²) in [7, 11) is 11.0. The molecule has 0 aliphatic carbocycles. The fourth-order valence-electron chi connectivity index (χ4n) is 6.21. The minimum absolute atomic E-state index is 0.204. The van der Waals surface area contributed by atoms with Crippen molar-refractivity contribution in [1.29, 1.82) is 0 Å². The Morgan fingerprint density at radius 2 is 1.16 bits per heavy atom. The Hall–Kier alpha value is -2.22. The molecular formula is C46H56Cl2SiZr. The van der Waals surface area contributed by atoms with E-state index in [9.17, 15) is 0 Å². The molecule has 0 saturated carbocycles. The van der Waals surface area contributed by atoms with Gasteiger partial charge in [-0.25, -0.2) is 0 Å². The van der Waals surface area contributed by atoms with Crippen LogP contribution in [0.2, 0.25) is 13.1 Å². The van der Waals surface area contributed by atoms with Crippen LogP contribution in [0.15, 0.2) is 103 Å². The molecule has 0 amide bonds. The van der Waals surface area contributed by atoms with Crippen LogP contribution in [0.5, 0.6) is 0 Å². The van der Waals surface area contributed by atoms with Crippen molar-refractivity contribution in [2.45, 2.75) is 106 Å². The Bertz CT molecular complexity index is 1910. The molecule has 262 valence electrons. The Labute approximate surface area is 325 Å². The Morgan fingerprint density at radius 1 is 0.680 bits per heavy atom. The van der Waals surface area contributed by atoms with E-state index >= 15 is 0 Å². The van der Waals surface area contributed by atoms with Crippen molar-refractivity contribution in [3.05, 3.63) is 131 Å². The van der Waals surface area contributed by atoms with Crippen LogP contribution in [-0.4, -0.2) is 9.52 Å². The van der Waals surface area contributed by atoms with Gasteiger partial charge in [0.05, 0.1) is 0 Å². The molecule has 0 atom stereocenters. The molecule has 0 heterocycles. The fraction of sp³-hybridized carbons (Fsp3) is 0.348. The summed E-state index contributed by atoms with van der Waals surface area (Å²) in [5.41, 5.74) is 12.7. The SMILES string of the molecule is CC(C)c1cc2c(-c3ccc(C(C)(C)C)cc3)cccc2[cH-]1.CCc1ccc(-c2ccc(C(C)(C)C)cc2)c2cc(C)[cH-]c12.C[Si]C.[Cl][Zr+2][Cl]. The molecule has 0 nitrogen and oxygen atoms in total. The monoisotopic (exact) mass is 796 g/mol. The number of rotatable bonds is 4. The predicted molar refractivity (Wildman–Crippen MR) is 225 cm³/mol. The molecular weight excluding hydrogens is 743 g/mol. The number of benzene rings is 4. The topological polar surface area (TPSA) is 0 Å². The number of hydrogen-bond donors (Lipinski definition) is 0. The first-order valence-corrected chi connectivity index (χ1v) is 26.1. The zero-order valence-corrected chi connectivity index (χ0v) is 37.3. The number of aryl methyl sites for hydroxylation is 2. The van der Waals surface area contributed by atoms with Gasteiger partial charge in [0.25, 0.3) is 0 Å². The summed E-state index contributed by atoms with van der Waals surface area (Å²) in [5.74, 6) is 0.573. The quantitative estimate of drug-likeness (QED) is 0.123. The molecule has 6 aromatic carbocycles. The van der Waals surface area contributed by atoms with Gasteiger partial charge >= 0.3 is 37.9 Å². The van der Waals surface area contributed by atoms with Gasteiger partial charge in [0, 0.05) is 9.52 Å². The average Bonchev–Trinajstić information content (AvgIpc) is 3.69. The average molecular weight is 799 g/mol. The molecule has 0 aliphatic rings. The van der Waals surface area contributed by atoms with Crippen molar-refractivity contribution in [3.63, 3.8) is 0 Å². The fourth-order valence-corrected chi connectivity index (χ4v) is 6.21. The second kappa shape index (κ2) is 19.0. The van der Waals surface area contributed by atoms with Crippen molar-refractivity contribution in [1.82, 2.24) is 0 Å². The van der Waals surface area contributed by atoms with E-state index in [1.54, 1.807) is 0 Å². The van der Waals surface area contributed by atoms with Crippen molar-refractivity contribution in [3.8, 4) is 22.3 Å². The van der Waals surface area contributed by atoms with Crippen LogP contribution in [-0.2, 0) is 38.1 Å². The molecule has 0 fully saturated rings. The molecule has 0 aromatic heterocycles. The van der Waals surface area contributed by atoms with Gasteiger partial charge in [-0.15, -0.1) is 68.6 Å². The maximum atomic E-state index is 4.93. The van der Waals surface area contributed by atoms with Crippen LogP contribution in [0, 0.1) is 6.92 Å². The molecule has 6 rings (SSSR count). The number of fused-ring (bicyclic) bond motifs is 2. The van der Waals surface area contributed by atoms with Crippen molar-refractivity contribution >= 4 is 48.1 Å². The standard InChI is InChI=1S/2C22H25.C2H6Si.2ClH.Zr/c1-15(2)18-13-17-7-6-8-20(21(17)14-18)16-9-11-19(12-10-16)22(3,4)5;1-6-16-9-12-19(21-14-15(2)13-20(16)21)17-7-10-18(11-8-17)22(3,4)5;1-3-2;;;/h6-15H,1-5H3;7-14H,6H2,1-5H3;1-2H3;2*1H;/q2*-1;;;;+4/p-2. The maximum absolute atomic E-state index is 4.93. The van der Waals surface area contributed by atoms with Crippen LogP contribution in [0.1, 0.15) is 96.0 Å². The van der Waals surface area contributed by atoms with Crippen molar-refractivity contribution in [2.24, 2.45) is 0 Å². The molecule has 0 N–H and O–H groups in total. The Kier molecular flexibility index (Phi) is 16.1. The molecule has 0 spiro atoms. The van der Waals surface area contributed by atoms with Gasteiger partial charge in [0.1, 0.15) is 0 Å². The van der Waals surface area contributed by atoms with Gasteiger partial charge in [-0.05, 0) is 39.0 Å². The molecule has 4 heteroatoms. The summed E-state index contributed by atoms with van der Waals surface area (Å²) in [6.45, 7) is 26.8. The first-order valence-electron chi connectivity index (χ1n) is 17.7. The van der Waals surface area contributed by atoms with Crippen LogP contribution in [0.3, 0.4) is 0 Å². The van der Waals surface area contributed by atoms with Gasteiger partial charge < -0.3 is 0 Å². The summed E-state index contributed by atoms with van der Waals surface area (Å²) in [4.78, 5) is 0. The van der Waals surface area contributed by atoms with Crippen molar-refractivity contribution in [2.75, 3.05) is 0 Å². The Morgan fingerprint density at radius 3 is 1.60 bits per heavy atom. The summed E-state index contributed by atoms with van der Waals surface area (Å²) >= 11 is -0.826. The zero-order valence-electron chi connectivity index (χ0n) is 32.4. The summed E-state index contributed by atoms with van der Waals surface area (Å²) < 4.78 is 0. The Balaban J connectivity index is 0.000000234. The molecule has 0 unspecified atom stereocenters. The molecule has 0 bridgehead atoms. The third-order valence-corrected chi connectivity index (χ3v) is 9.07. The first-order chi connectivity index (χ1) is 23.6. The third-order valence-electron chi connectivity index (χ3n) is 9.07. The molecule has 0 saturated heterocycles. The summed E-state index contributed by atoms with van der Waals surface area (Å²) in [6.07, 6.45) is 1.09. The van der Waals surface area contributed by atoms with Crippen LogP contribution >= 0.6 is 17.0 Å². The molecule has 50 heavy (non-hydrogen) atoms. The van der Waals surface area contributed by atoms with E-state index in [2.05, 4.69) is 185 Å². The van der Waals surface area contributed by atoms with E-state index in [1.165, 1.54) is 71.6 Å². The van der Waals surface area contributed by atoms with E-state index in [0.717, 1.165) is 15.9 Å². The van der Waals surface area contributed by atoms with Gasteiger partial charge in [-0.1, -0.05) is 161 Å². The van der Waals surface area contributed by atoms with E-state index in [1.807, 2.05) is 0 Å². The second-order valence-electron chi connectivity index (χ2n) is 15.5. The van der Waals surface area contributed by atoms with Gasteiger partial charge in [-0.2, -0.15) is 12.1 Å².